The third-order valence-electron chi connectivity index (χ3n) is 4.24. The van der Waals surface area contributed by atoms with Crippen LogP contribution in [0.2, 0.25) is 0 Å². The molecule has 2 aromatic rings. The molecule has 0 aliphatic carbocycles. The van der Waals surface area contributed by atoms with Gasteiger partial charge >= 0.3 is 11.9 Å². The Bertz CT molecular complexity index is 704. The molecule has 0 aromatic heterocycles. The minimum atomic E-state index is -1.82. The molecule has 0 saturated carbocycles. The number of carboxylic acids is 2. The van der Waals surface area contributed by atoms with Crippen LogP contribution in [0.1, 0.15) is 23.7 Å². The van der Waals surface area contributed by atoms with Gasteiger partial charge in [0.15, 0.2) is 0 Å². The van der Waals surface area contributed by atoms with Gasteiger partial charge in [0.2, 0.25) is 0 Å². The molecule has 0 fully saturated rings. The van der Waals surface area contributed by atoms with E-state index in [-0.39, 0.29) is 6.10 Å². The third-order valence-corrected chi connectivity index (χ3v) is 4.24. The zero-order chi connectivity index (χ0) is 23.1. The van der Waals surface area contributed by atoms with Crippen molar-refractivity contribution >= 4 is 11.9 Å². The van der Waals surface area contributed by atoms with Gasteiger partial charge < -0.3 is 29.7 Å². The lowest BCUT2D eigenvalue weighted by Crippen LogP contribution is -2.33. The highest BCUT2D eigenvalue weighted by molar-refractivity contribution is 6.27. The van der Waals surface area contributed by atoms with Crippen molar-refractivity contribution in [1.82, 2.24) is 4.90 Å². The maximum absolute atomic E-state index is 9.76. The fourth-order valence-corrected chi connectivity index (χ4v) is 2.87. The molecule has 2 rings (SSSR count). The maximum Gasteiger partial charge on any atom is 0.414 e. The molecule has 0 bridgehead atoms. The van der Waals surface area contributed by atoms with Gasteiger partial charge in [-0.3, -0.25) is 0 Å². The minimum Gasteiger partial charge on any atom is -0.473 e. The lowest BCUT2D eigenvalue weighted by molar-refractivity contribution is -0.159. The van der Waals surface area contributed by atoms with E-state index in [0.29, 0.717) is 19.8 Å². The lowest BCUT2D eigenvalue weighted by atomic mass is 10.0. The van der Waals surface area contributed by atoms with Crippen LogP contribution in [0.4, 0.5) is 0 Å². The van der Waals surface area contributed by atoms with Crippen molar-refractivity contribution in [3.05, 3.63) is 71.8 Å². The fourth-order valence-electron chi connectivity index (χ4n) is 2.87. The number of rotatable bonds is 11. The van der Waals surface area contributed by atoms with Crippen LogP contribution >= 0.6 is 0 Å². The minimum absolute atomic E-state index is 0.0493. The van der Waals surface area contributed by atoms with Gasteiger partial charge in [-0.15, -0.1) is 0 Å². The summed E-state index contributed by atoms with van der Waals surface area (Å²) in [5.41, 5.74) is 2.33. The van der Waals surface area contributed by atoms with Gasteiger partial charge in [-0.25, -0.2) is 9.59 Å². The monoisotopic (exact) mass is 433 g/mol. The van der Waals surface area contributed by atoms with Crippen molar-refractivity contribution < 1.29 is 34.4 Å². The summed E-state index contributed by atoms with van der Waals surface area (Å²) in [4.78, 5) is 20.3. The van der Waals surface area contributed by atoms with E-state index >= 15 is 0 Å². The molecule has 170 valence electrons. The van der Waals surface area contributed by atoms with E-state index in [1.165, 1.54) is 0 Å². The molecule has 0 radical (unpaired) electrons. The standard InChI is InChI=1S/C21H29NO3.C2H2O4/c1-22(16-20(23)17-24-2)14-9-15-25-21(18-10-5-3-6-11-18)19-12-7-4-8-13-19;3-1(4)2(5)6/h3-8,10-13,20-21,23H,9,14-17H2,1-2H3;(H,3,4)(H,5,6). The first-order valence-electron chi connectivity index (χ1n) is 9.88. The molecule has 0 heterocycles. The third kappa shape index (κ3) is 11.3. The highest BCUT2D eigenvalue weighted by atomic mass is 16.5. The molecule has 31 heavy (non-hydrogen) atoms. The summed E-state index contributed by atoms with van der Waals surface area (Å²) in [6.07, 6.45) is 0.413. The van der Waals surface area contributed by atoms with Crippen LogP contribution in [0, 0.1) is 0 Å². The molecular formula is C23H31NO7. The molecule has 1 unspecified atom stereocenters. The summed E-state index contributed by atoms with van der Waals surface area (Å²) in [7, 11) is 3.61. The van der Waals surface area contributed by atoms with Crippen LogP contribution in [0.25, 0.3) is 0 Å². The Balaban J connectivity index is 0.000000703. The smallest absolute Gasteiger partial charge is 0.414 e. The van der Waals surface area contributed by atoms with Crippen molar-refractivity contribution in [2.24, 2.45) is 0 Å². The first-order valence-corrected chi connectivity index (χ1v) is 9.88. The summed E-state index contributed by atoms with van der Waals surface area (Å²) in [5, 5.41) is 24.5. The summed E-state index contributed by atoms with van der Waals surface area (Å²) in [6.45, 7) is 2.51. The van der Waals surface area contributed by atoms with Crippen LogP contribution in [-0.2, 0) is 19.1 Å². The molecule has 8 nitrogen and oxygen atoms in total. The van der Waals surface area contributed by atoms with Crippen LogP contribution in [0.5, 0.6) is 0 Å². The number of aliphatic hydroxyl groups is 1. The number of carboxylic acid groups (broad SMARTS) is 2. The second kappa shape index (κ2) is 15.1. The number of benzene rings is 2. The van der Waals surface area contributed by atoms with E-state index < -0.39 is 18.0 Å². The summed E-state index contributed by atoms with van der Waals surface area (Å²) in [6, 6.07) is 20.6. The van der Waals surface area contributed by atoms with Crippen molar-refractivity contribution in [3.8, 4) is 0 Å². The summed E-state index contributed by atoms with van der Waals surface area (Å²) < 4.78 is 11.2. The number of aliphatic hydroxyl groups excluding tert-OH is 1. The number of methoxy groups -OCH3 is 1. The molecule has 0 amide bonds. The van der Waals surface area contributed by atoms with Gasteiger partial charge in [0, 0.05) is 26.8 Å². The van der Waals surface area contributed by atoms with Gasteiger partial charge in [-0.2, -0.15) is 0 Å². The molecule has 3 N–H and O–H groups in total. The van der Waals surface area contributed by atoms with Crippen LogP contribution in [0.15, 0.2) is 60.7 Å². The van der Waals surface area contributed by atoms with E-state index in [9.17, 15) is 5.11 Å². The number of nitrogens with zero attached hydrogens (tertiary/aromatic N) is 1. The van der Waals surface area contributed by atoms with Gasteiger partial charge in [0.1, 0.15) is 6.10 Å². The van der Waals surface area contributed by atoms with Crippen LogP contribution in [0.3, 0.4) is 0 Å². The van der Waals surface area contributed by atoms with Crippen molar-refractivity contribution in [3.63, 3.8) is 0 Å². The van der Waals surface area contributed by atoms with Gasteiger partial charge in [-0.05, 0) is 24.6 Å². The highest BCUT2D eigenvalue weighted by Gasteiger charge is 2.14. The van der Waals surface area contributed by atoms with E-state index in [2.05, 4.69) is 29.2 Å². The quantitative estimate of drug-likeness (QED) is 0.365. The summed E-state index contributed by atoms with van der Waals surface area (Å²) >= 11 is 0. The SMILES string of the molecule is COCC(O)CN(C)CCCOC(c1ccccc1)c1ccccc1.O=C(O)C(=O)O. The van der Waals surface area contributed by atoms with E-state index in [0.717, 1.165) is 24.1 Å². The number of aliphatic carboxylic acids is 2. The van der Waals surface area contributed by atoms with Crippen molar-refractivity contribution in [2.75, 3.05) is 40.5 Å². The Labute approximate surface area is 182 Å². The van der Waals surface area contributed by atoms with Crippen molar-refractivity contribution in [2.45, 2.75) is 18.6 Å². The Morgan fingerprint density at radius 2 is 1.42 bits per heavy atom. The summed E-state index contributed by atoms with van der Waals surface area (Å²) in [5.74, 6) is -3.65. The highest BCUT2D eigenvalue weighted by Crippen LogP contribution is 2.25. The maximum atomic E-state index is 9.76. The van der Waals surface area contributed by atoms with E-state index in [1.54, 1.807) is 7.11 Å². The Morgan fingerprint density at radius 1 is 0.935 bits per heavy atom. The number of ether oxygens (including phenoxy) is 2. The molecule has 1 atom stereocenters. The molecule has 0 aliphatic heterocycles. The van der Waals surface area contributed by atoms with E-state index in [1.807, 2.05) is 43.4 Å². The molecule has 0 spiro atoms. The topological polar surface area (TPSA) is 117 Å². The zero-order valence-corrected chi connectivity index (χ0v) is 17.9. The van der Waals surface area contributed by atoms with Crippen molar-refractivity contribution in [1.29, 1.82) is 0 Å². The van der Waals surface area contributed by atoms with E-state index in [4.69, 9.17) is 29.3 Å². The van der Waals surface area contributed by atoms with Gasteiger partial charge in [0.05, 0.1) is 12.7 Å². The van der Waals surface area contributed by atoms with Gasteiger partial charge in [0.25, 0.3) is 0 Å². The van der Waals surface area contributed by atoms with Gasteiger partial charge in [-0.1, -0.05) is 60.7 Å². The first kappa shape index (κ1) is 26.3. The fraction of sp³-hybridized carbons (Fsp3) is 0.391. The number of hydrogen-bond acceptors (Lipinski definition) is 6. The Kier molecular flexibility index (Phi) is 12.8. The Hall–Kier alpha value is -2.78. The second-order valence-corrected chi connectivity index (χ2v) is 6.91. The molecule has 0 saturated heterocycles. The first-order chi connectivity index (χ1) is 14.8. The molecular weight excluding hydrogens is 402 g/mol. The average Bonchev–Trinajstić information content (AvgIpc) is 2.75. The lowest BCUT2D eigenvalue weighted by Gasteiger charge is -2.22. The number of carbonyl (C=O) groups is 2. The molecule has 8 heteroatoms. The normalized spacial score (nSPS) is 11.6. The second-order valence-electron chi connectivity index (χ2n) is 6.91. The largest absolute Gasteiger partial charge is 0.473 e. The molecule has 0 aliphatic rings. The molecule has 2 aromatic carbocycles. The predicted molar refractivity (Wildman–Crippen MR) is 116 cm³/mol. The van der Waals surface area contributed by atoms with Crippen LogP contribution in [-0.4, -0.2) is 78.7 Å². The van der Waals surface area contributed by atoms with Crippen LogP contribution < -0.4 is 0 Å². The average molecular weight is 434 g/mol. The number of likely N-dealkylation sites (N-methyl/N-ethyl adjacent to an activating group) is 1. The number of hydrogen-bond donors (Lipinski definition) is 3. The predicted octanol–water partition coefficient (Wildman–Crippen LogP) is 2.28. The zero-order valence-electron chi connectivity index (χ0n) is 17.9. The Morgan fingerprint density at radius 3 is 1.84 bits per heavy atom.